The second-order valence-corrected chi connectivity index (χ2v) is 7.54. The summed E-state index contributed by atoms with van der Waals surface area (Å²) >= 11 is 0. The highest BCUT2D eigenvalue weighted by Crippen LogP contribution is 2.13. The Kier molecular flexibility index (Phi) is 7.26. The number of aryl methyl sites for hydroxylation is 1. The molecule has 1 N–H and O–H groups in total. The molecule has 0 aliphatic carbocycles. The average Bonchev–Trinajstić information content (AvgIpc) is 2.69. The van der Waals surface area contributed by atoms with Gasteiger partial charge in [-0.15, -0.1) is 0 Å². The van der Waals surface area contributed by atoms with Crippen molar-refractivity contribution in [3.8, 4) is 6.07 Å². The Morgan fingerprint density at radius 1 is 1.11 bits per heavy atom. The molecule has 0 fully saturated rings. The summed E-state index contributed by atoms with van der Waals surface area (Å²) < 4.78 is 31.2. The molecule has 0 aliphatic rings. The quantitative estimate of drug-likeness (QED) is 0.527. The van der Waals surface area contributed by atoms with Crippen molar-refractivity contribution in [1.82, 2.24) is 4.72 Å². The Morgan fingerprint density at radius 3 is 2.36 bits per heavy atom. The SMILES string of the molecule is Cc1ccc(S(=O)(=O)NCC(=O)OCC(=O)N(CC#N)c2ccccc2)cc1. The number of hydrogen-bond donors (Lipinski definition) is 1. The molecule has 146 valence electrons. The number of rotatable bonds is 8. The van der Waals surface area contributed by atoms with Gasteiger partial charge in [-0.05, 0) is 31.2 Å². The maximum absolute atomic E-state index is 12.3. The third-order valence-electron chi connectivity index (χ3n) is 3.69. The molecule has 2 aromatic carbocycles. The zero-order chi connectivity index (χ0) is 20.6. The first-order chi connectivity index (χ1) is 13.3. The van der Waals surface area contributed by atoms with E-state index in [1.807, 2.05) is 13.0 Å². The second-order valence-electron chi connectivity index (χ2n) is 5.77. The van der Waals surface area contributed by atoms with Crippen LogP contribution in [0.5, 0.6) is 0 Å². The van der Waals surface area contributed by atoms with E-state index in [1.54, 1.807) is 42.5 Å². The van der Waals surface area contributed by atoms with Crippen molar-refractivity contribution in [3.63, 3.8) is 0 Å². The molecule has 0 saturated heterocycles. The lowest BCUT2D eigenvalue weighted by Crippen LogP contribution is -2.37. The Hall–Kier alpha value is -3.22. The van der Waals surface area contributed by atoms with Crippen molar-refractivity contribution in [2.24, 2.45) is 0 Å². The lowest BCUT2D eigenvalue weighted by Gasteiger charge is -2.19. The average molecular weight is 401 g/mol. The van der Waals surface area contributed by atoms with Crippen LogP contribution in [0.25, 0.3) is 0 Å². The van der Waals surface area contributed by atoms with Crippen molar-refractivity contribution in [2.75, 3.05) is 24.6 Å². The first-order valence-corrected chi connectivity index (χ1v) is 9.76. The van der Waals surface area contributed by atoms with E-state index in [0.717, 1.165) is 5.56 Å². The predicted molar refractivity (Wildman–Crippen MR) is 102 cm³/mol. The Labute approximate surface area is 163 Å². The normalized spacial score (nSPS) is 10.7. The number of nitrogens with one attached hydrogen (secondary N) is 1. The molecule has 0 unspecified atom stereocenters. The van der Waals surface area contributed by atoms with Crippen molar-refractivity contribution in [3.05, 3.63) is 60.2 Å². The van der Waals surface area contributed by atoms with Crippen molar-refractivity contribution in [1.29, 1.82) is 5.26 Å². The van der Waals surface area contributed by atoms with Crippen LogP contribution in [0, 0.1) is 18.3 Å². The van der Waals surface area contributed by atoms with Gasteiger partial charge >= 0.3 is 5.97 Å². The molecular formula is C19H19N3O5S. The van der Waals surface area contributed by atoms with Crippen LogP contribution in [0.1, 0.15) is 5.56 Å². The minimum atomic E-state index is -3.87. The predicted octanol–water partition coefficient (Wildman–Crippen LogP) is 1.37. The summed E-state index contributed by atoms with van der Waals surface area (Å²) in [5.41, 5.74) is 1.39. The Morgan fingerprint density at radius 2 is 1.75 bits per heavy atom. The number of para-hydroxylation sites is 1. The van der Waals surface area contributed by atoms with Gasteiger partial charge in [-0.1, -0.05) is 35.9 Å². The molecule has 8 nitrogen and oxygen atoms in total. The van der Waals surface area contributed by atoms with Crippen LogP contribution in [0.2, 0.25) is 0 Å². The molecular weight excluding hydrogens is 382 g/mol. The number of nitriles is 1. The number of anilines is 1. The summed E-state index contributed by atoms with van der Waals surface area (Å²) in [6.45, 7) is 0.387. The molecule has 0 spiro atoms. The molecule has 1 amide bonds. The number of carbonyl (C=O) groups excluding carboxylic acids is 2. The van der Waals surface area contributed by atoms with Gasteiger partial charge in [0.1, 0.15) is 13.1 Å². The van der Waals surface area contributed by atoms with Crippen LogP contribution < -0.4 is 9.62 Å². The van der Waals surface area contributed by atoms with Gasteiger partial charge in [-0.2, -0.15) is 9.98 Å². The van der Waals surface area contributed by atoms with Gasteiger partial charge in [-0.3, -0.25) is 14.5 Å². The van der Waals surface area contributed by atoms with Gasteiger partial charge in [0.2, 0.25) is 10.0 Å². The van der Waals surface area contributed by atoms with Crippen LogP contribution in [-0.2, 0) is 24.3 Å². The van der Waals surface area contributed by atoms with Gasteiger partial charge in [0, 0.05) is 5.69 Å². The van der Waals surface area contributed by atoms with Crippen molar-refractivity contribution >= 4 is 27.6 Å². The molecule has 2 rings (SSSR count). The molecule has 9 heteroatoms. The lowest BCUT2D eigenvalue weighted by atomic mass is 10.2. The fourth-order valence-corrected chi connectivity index (χ4v) is 3.20. The van der Waals surface area contributed by atoms with E-state index < -0.39 is 35.1 Å². The lowest BCUT2D eigenvalue weighted by molar-refractivity contribution is -0.146. The molecule has 0 radical (unpaired) electrons. The van der Waals surface area contributed by atoms with Gasteiger partial charge in [0.15, 0.2) is 6.61 Å². The summed E-state index contributed by atoms with van der Waals surface area (Å²) in [6, 6.07) is 16.5. The molecule has 0 bridgehead atoms. The topological polar surface area (TPSA) is 117 Å². The molecule has 0 aliphatic heterocycles. The minimum absolute atomic E-state index is 0.0197. The first kappa shape index (κ1) is 21.1. The second kappa shape index (κ2) is 9.64. The minimum Gasteiger partial charge on any atom is -0.455 e. The highest BCUT2D eigenvalue weighted by Gasteiger charge is 2.19. The number of carbonyl (C=O) groups is 2. The van der Waals surface area contributed by atoms with Crippen LogP contribution in [0.4, 0.5) is 5.69 Å². The summed E-state index contributed by atoms with van der Waals surface area (Å²) in [6.07, 6.45) is 0. The number of nitrogens with zero attached hydrogens (tertiary/aromatic N) is 2. The molecule has 0 atom stereocenters. The van der Waals surface area contributed by atoms with E-state index in [2.05, 4.69) is 4.72 Å². The smallest absolute Gasteiger partial charge is 0.321 e. The standard InChI is InChI=1S/C19H19N3O5S/c1-15-7-9-17(10-8-15)28(25,26)21-13-19(24)27-14-18(23)22(12-11-20)16-5-3-2-4-6-16/h2-10,21H,12-14H2,1H3. The maximum Gasteiger partial charge on any atom is 0.321 e. The zero-order valence-electron chi connectivity index (χ0n) is 15.2. The fraction of sp³-hybridized carbons (Fsp3) is 0.211. The highest BCUT2D eigenvalue weighted by atomic mass is 32.2. The summed E-state index contributed by atoms with van der Waals surface area (Å²) in [4.78, 5) is 25.3. The first-order valence-electron chi connectivity index (χ1n) is 8.28. The highest BCUT2D eigenvalue weighted by molar-refractivity contribution is 7.89. The van der Waals surface area contributed by atoms with Crippen molar-refractivity contribution < 1.29 is 22.7 Å². The number of amides is 1. The van der Waals surface area contributed by atoms with Crippen LogP contribution in [0.3, 0.4) is 0 Å². The zero-order valence-corrected chi connectivity index (χ0v) is 16.0. The molecule has 0 heterocycles. The summed E-state index contributed by atoms with van der Waals surface area (Å²) in [7, 11) is -3.87. The van der Waals surface area contributed by atoms with Crippen LogP contribution in [0.15, 0.2) is 59.5 Å². The summed E-state index contributed by atoms with van der Waals surface area (Å²) in [5.74, 6) is -1.50. The van der Waals surface area contributed by atoms with E-state index in [0.29, 0.717) is 5.69 Å². The van der Waals surface area contributed by atoms with Gasteiger partial charge in [0.25, 0.3) is 5.91 Å². The van der Waals surface area contributed by atoms with Gasteiger partial charge < -0.3 is 4.74 Å². The Balaban J connectivity index is 1.90. The number of benzene rings is 2. The van der Waals surface area contributed by atoms with E-state index >= 15 is 0 Å². The molecule has 2 aromatic rings. The summed E-state index contributed by atoms with van der Waals surface area (Å²) in [5, 5.41) is 8.90. The number of hydrogen-bond acceptors (Lipinski definition) is 6. The molecule has 0 aromatic heterocycles. The third-order valence-corrected chi connectivity index (χ3v) is 5.11. The fourth-order valence-electron chi connectivity index (χ4n) is 2.23. The molecule has 28 heavy (non-hydrogen) atoms. The van der Waals surface area contributed by atoms with Crippen molar-refractivity contribution in [2.45, 2.75) is 11.8 Å². The van der Waals surface area contributed by atoms with Gasteiger partial charge in [0.05, 0.1) is 11.0 Å². The monoisotopic (exact) mass is 401 g/mol. The van der Waals surface area contributed by atoms with Crippen LogP contribution >= 0.6 is 0 Å². The van der Waals surface area contributed by atoms with E-state index in [4.69, 9.17) is 10.00 Å². The van der Waals surface area contributed by atoms with E-state index in [1.165, 1.54) is 17.0 Å². The third kappa shape index (κ3) is 5.90. The largest absolute Gasteiger partial charge is 0.455 e. The van der Waals surface area contributed by atoms with E-state index in [9.17, 15) is 18.0 Å². The van der Waals surface area contributed by atoms with Gasteiger partial charge in [-0.25, -0.2) is 8.42 Å². The van der Waals surface area contributed by atoms with E-state index in [-0.39, 0.29) is 11.4 Å². The number of sulfonamides is 1. The number of ether oxygens (including phenoxy) is 1. The number of esters is 1. The Bertz CT molecular complexity index is 967. The van der Waals surface area contributed by atoms with Crippen LogP contribution in [-0.4, -0.2) is 40.0 Å². The maximum atomic E-state index is 12.3. The molecule has 0 saturated carbocycles.